The third-order valence-corrected chi connectivity index (χ3v) is 5.03. The maximum Gasteiger partial charge on any atom is 0.318 e. The number of hydrogen-bond donors (Lipinski definition) is 2. The Balaban J connectivity index is 2.14. The monoisotopic (exact) mass is 355 g/mol. The zero-order valence-corrected chi connectivity index (χ0v) is 15.4. The van der Waals surface area contributed by atoms with Crippen LogP contribution in [0.5, 0.6) is 5.75 Å². The first-order chi connectivity index (χ1) is 11.6. The quantitative estimate of drug-likeness (QED) is 0.873. The summed E-state index contributed by atoms with van der Waals surface area (Å²) in [6, 6.07) is 1.27. The van der Waals surface area contributed by atoms with Crippen molar-refractivity contribution in [3.63, 3.8) is 0 Å². The van der Waals surface area contributed by atoms with Gasteiger partial charge in [-0.25, -0.2) is 9.18 Å². The second-order valence-corrected chi connectivity index (χ2v) is 7.53. The lowest BCUT2D eigenvalue weighted by Crippen LogP contribution is -2.59. The Bertz CT molecular complexity index is 651. The summed E-state index contributed by atoms with van der Waals surface area (Å²) in [6.07, 6.45) is 1.99. The summed E-state index contributed by atoms with van der Waals surface area (Å²) in [5.74, 6) is -3.20. The smallest absolute Gasteiger partial charge is 0.318 e. The first-order valence-electron chi connectivity index (χ1n) is 8.46. The van der Waals surface area contributed by atoms with Gasteiger partial charge in [-0.1, -0.05) is 19.9 Å². The molecule has 1 aromatic carbocycles. The highest BCUT2D eigenvalue weighted by Gasteiger charge is 2.40. The molecule has 0 aliphatic carbocycles. The number of carbonyl (C=O) groups is 1. The zero-order chi connectivity index (χ0) is 18.9. The van der Waals surface area contributed by atoms with Gasteiger partial charge in [0.15, 0.2) is 11.6 Å². The molecule has 2 rings (SSSR count). The lowest BCUT2D eigenvalue weighted by molar-refractivity contribution is -0.0231. The van der Waals surface area contributed by atoms with E-state index in [9.17, 15) is 18.7 Å². The Hall–Kier alpha value is -1.89. The van der Waals surface area contributed by atoms with Crippen LogP contribution >= 0.6 is 0 Å². The van der Waals surface area contributed by atoms with Crippen LogP contribution < -0.4 is 5.32 Å². The maximum atomic E-state index is 14.0. The molecular formula is C18H27F2N3O2. The van der Waals surface area contributed by atoms with E-state index in [0.717, 1.165) is 25.5 Å². The van der Waals surface area contributed by atoms with Crippen LogP contribution in [-0.2, 0) is 0 Å². The fraction of sp³-hybridized carbons (Fsp3) is 0.611. The first-order valence-corrected chi connectivity index (χ1v) is 8.46. The molecule has 1 aliphatic rings. The molecule has 7 heteroatoms. The van der Waals surface area contributed by atoms with E-state index in [4.69, 9.17) is 0 Å². The van der Waals surface area contributed by atoms with Crippen molar-refractivity contribution < 1.29 is 18.7 Å². The minimum atomic E-state index is -1.31. The Labute approximate surface area is 147 Å². The van der Waals surface area contributed by atoms with Crippen LogP contribution in [0.1, 0.15) is 45.2 Å². The molecule has 0 aromatic heterocycles. The molecular weight excluding hydrogens is 328 g/mol. The van der Waals surface area contributed by atoms with Crippen LogP contribution in [0, 0.1) is 17.0 Å². The fourth-order valence-electron chi connectivity index (χ4n) is 3.82. The zero-order valence-electron chi connectivity index (χ0n) is 15.4. The van der Waals surface area contributed by atoms with E-state index in [1.165, 1.54) is 6.07 Å². The van der Waals surface area contributed by atoms with Crippen LogP contribution in [0.4, 0.5) is 13.6 Å². The summed E-state index contributed by atoms with van der Waals surface area (Å²) in [4.78, 5) is 16.4. The number of piperidine rings is 1. The topological polar surface area (TPSA) is 55.8 Å². The predicted octanol–water partition coefficient (Wildman–Crippen LogP) is 3.45. The van der Waals surface area contributed by atoms with Crippen molar-refractivity contribution in [3.8, 4) is 5.75 Å². The average Bonchev–Trinajstić information content (AvgIpc) is 2.51. The molecule has 1 aromatic rings. The first kappa shape index (κ1) is 19.4. The maximum absolute atomic E-state index is 14.0. The molecule has 2 amide bonds. The Morgan fingerprint density at radius 2 is 2.04 bits per heavy atom. The number of phenolic OH excluding ortho intramolecular Hbond substituents is 1. The molecule has 140 valence electrons. The van der Waals surface area contributed by atoms with Crippen LogP contribution in [-0.4, -0.2) is 47.7 Å². The van der Waals surface area contributed by atoms with Crippen molar-refractivity contribution in [2.45, 2.75) is 45.8 Å². The van der Waals surface area contributed by atoms with Crippen molar-refractivity contribution in [2.75, 3.05) is 20.6 Å². The Morgan fingerprint density at radius 1 is 1.40 bits per heavy atom. The van der Waals surface area contributed by atoms with Gasteiger partial charge in [0.25, 0.3) is 0 Å². The minimum absolute atomic E-state index is 0.00620. The van der Waals surface area contributed by atoms with E-state index >= 15 is 0 Å². The number of benzene rings is 1. The predicted molar refractivity (Wildman–Crippen MR) is 92.2 cm³/mol. The fourth-order valence-corrected chi connectivity index (χ4v) is 3.82. The SMILES string of the molecule is CC(NC(=O)N(C)C1N(C)CCCC1(C)C)c1ccc(O)c(F)c1F. The van der Waals surface area contributed by atoms with Crippen molar-refractivity contribution in [2.24, 2.45) is 5.41 Å². The molecule has 0 bridgehead atoms. The minimum Gasteiger partial charge on any atom is -0.505 e. The molecule has 0 saturated carbocycles. The molecule has 1 saturated heterocycles. The van der Waals surface area contributed by atoms with Gasteiger partial charge < -0.3 is 15.3 Å². The Morgan fingerprint density at radius 3 is 2.64 bits per heavy atom. The van der Waals surface area contributed by atoms with Gasteiger partial charge in [-0.3, -0.25) is 4.90 Å². The number of hydrogen-bond acceptors (Lipinski definition) is 3. The summed E-state index contributed by atoms with van der Waals surface area (Å²) in [6.45, 7) is 6.72. The molecule has 1 heterocycles. The number of halogens is 2. The number of carbonyl (C=O) groups excluding carboxylic acids is 1. The number of nitrogens with zero attached hydrogens (tertiary/aromatic N) is 2. The van der Waals surface area contributed by atoms with Gasteiger partial charge in [0.1, 0.15) is 0 Å². The number of phenols is 1. The van der Waals surface area contributed by atoms with Gasteiger partial charge in [0.2, 0.25) is 5.82 Å². The highest BCUT2D eigenvalue weighted by atomic mass is 19.2. The summed E-state index contributed by atoms with van der Waals surface area (Å²) >= 11 is 0. The van der Waals surface area contributed by atoms with E-state index in [2.05, 4.69) is 24.1 Å². The van der Waals surface area contributed by atoms with Crippen LogP contribution in [0.2, 0.25) is 0 Å². The second-order valence-electron chi connectivity index (χ2n) is 7.53. The molecule has 0 spiro atoms. The molecule has 2 atom stereocenters. The number of nitrogens with one attached hydrogen (secondary N) is 1. The molecule has 2 unspecified atom stereocenters. The second kappa shape index (κ2) is 7.15. The van der Waals surface area contributed by atoms with Gasteiger partial charge in [-0.05, 0) is 44.8 Å². The molecule has 1 aliphatic heterocycles. The third-order valence-electron chi connectivity index (χ3n) is 5.03. The largest absolute Gasteiger partial charge is 0.505 e. The molecule has 1 fully saturated rings. The van der Waals surface area contributed by atoms with Gasteiger partial charge in [0, 0.05) is 12.6 Å². The van der Waals surface area contributed by atoms with Gasteiger partial charge in [-0.2, -0.15) is 4.39 Å². The summed E-state index contributed by atoms with van der Waals surface area (Å²) in [5.41, 5.74) is -0.0774. The molecule has 2 N–H and O–H groups in total. The number of rotatable bonds is 3. The molecule has 5 nitrogen and oxygen atoms in total. The summed E-state index contributed by atoms with van der Waals surface area (Å²) in [5, 5.41) is 11.9. The van der Waals surface area contributed by atoms with E-state index in [1.54, 1.807) is 18.9 Å². The number of likely N-dealkylation sites (tertiary alicyclic amines) is 1. The standard InChI is InChI=1S/C18H27F2N3O2/c1-11(12-7-8-13(24)15(20)14(12)19)21-17(25)23(5)16-18(2,3)9-6-10-22(16)4/h7-8,11,16,24H,6,9-10H2,1-5H3,(H,21,25). The van der Waals surface area contributed by atoms with Gasteiger partial charge >= 0.3 is 6.03 Å². The number of urea groups is 1. The molecule has 25 heavy (non-hydrogen) atoms. The van der Waals surface area contributed by atoms with E-state index in [0.29, 0.717) is 0 Å². The summed E-state index contributed by atoms with van der Waals surface area (Å²) < 4.78 is 27.5. The van der Waals surface area contributed by atoms with Crippen LogP contribution in [0.25, 0.3) is 0 Å². The van der Waals surface area contributed by atoms with E-state index < -0.39 is 23.4 Å². The van der Waals surface area contributed by atoms with Crippen LogP contribution in [0.15, 0.2) is 12.1 Å². The van der Waals surface area contributed by atoms with Crippen molar-refractivity contribution >= 4 is 6.03 Å². The highest BCUT2D eigenvalue weighted by molar-refractivity contribution is 5.74. The van der Waals surface area contributed by atoms with E-state index in [1.807, 2.05) is 7.05 Å². The lowest BCUT2D eigenvalue weighted by Gasteiger charge is -2.49. The summed E-state index contributed by atoms with van der Waals surface area (Å²) in [7, 11) is 3.69. The van der Waals surface area contributed by atoms with Crippen LogP contribution in [0.3, 0.4) is 0 Å². The van der Waals surface area contributed by atoms with Gasteiger partial charge in [0.05, 0.1) is 12.2 Å². The van der Waals surface area contributed by atoms with Crippen molar-refractivity contribution in [1.82, 2.24) is 15.1 Å². The average molecular weight is 355 g/mol. The van der Waals surface area contributed by atoms with Gasteiger partial charge in [-0.15, -0.1) is 0 Å². The number of amides is 2. The normalized spacial score (nSPS) is 21.6. The van der Waals surface area contributed by atoms with Crippen molar-refractivity contribution in [1.29, 1.82) is 0 Å². The third kappa shape index (κ3) is 3.86. The van der Waals surface area contributed by atoms with Crippen molar-refractivity contribution in [3.05, 3.63) is 29.3 Å². The van der Waals surface area contributed by atoms with E-state index in [-0.39, 0.29) is 23.2 Å². The Kier molecular flexibility index (Phi) is 5.56. The lowest BCUT2D eigenvalue weighted by atomic mass is 9.80. The highest BCUT2D eigenvalue weighted by Crippen LogP contribution is 2.36. The molecule has 0 radical (unpaired) electrons. The number of aromatic hydroxyl groups is 1.